The molecule has 0 spiro atoms. The maximum absolute atomic E-state index is 12.7. The molecule has 1 aliphatic heterocycles. The highest BCUT2D eigenvalue weighted by Crippen LogP contribution is 2.27. The second-order valence-corrected chi connectivity index (χ2v) is 7.66. The van der Waals surface area contributed by atoms with E-state index in [1.165, 1.54) is 5.56 Å². The number of likely N-dealkylation sites (tertiary alicyclic amines) is 1. The Morgan fingerprint density at radius 1 is 0.923 bits per heavy atom. The molecule has 2 aliphatic rings. The van der Waals surface area contributed by atoms with Crippen molar-refractivity contribution in [2.75, 3.05) is 6.54 Å². The number of amides is 1. The lowest BCUT2D eigenvalue weighted by Gasteiger charge is -2.26. The van der Waals surface area contributed by atoms with Gasteiger partial charge in [-0.05, 0) is 44.1 Å². The van der Waals surface area contributed by atoms with Gasteiger partial charge in [-0.3, -0.25) is 14.4 Å². The molecule has 1 aromatic carbocycles. The fourth-order valence-electron chi connectivity index (χ4n) is 4.30. The van der Waals surface area contributed by atoms with E-state index in [0.29, 0.717) is 19.4 Å². The lowest BCUT2D eigenvalue weighted by atomic mass is 9.85. The third kappa shape index (κ3) is 4.60. The van der Waals surface area contributed by atoms with Gasteiger partial charge >= 0.3 is 0 Å². The van der Waals surface area contributed by atoms with E-state index in [4.69, 9.17) is 0 Å². The van der Waals surface area contributed by atoms with Crippen LogP contribution in [0.15, 0.2) is 30.3 Å². The number of ketones is 2. The van der Waals surface area contributed by atoms with Crippen molar-refractivity contribution >= 4 is 17.5 Å². The standard InChI is InChI=1S/C22H29NO3/c24-20(15-7-11-17-9-3-1-4-10-17)19-14-8-16-23(19)22(26)21(25)18-12-5-2-6-13-18/h1,3-4,9-10,18-19H,2,5-8,11-16H2/t19-/m0/s1. The Morgan fingerprint density at radius 2 is 1.65 bits per heavy atom. The van der Waals surface area contributed by atoms with Crippen LogP contribution in [-0.4, -0.2) is 35.0 Å². The minimum absolute atomic E-state index is 0.114. The number of nitrogens with zero attached hydrogens (tertiary/aromatic N) is 1. The second-order valence-electron chi connectivity index (χ2n) is 7.66. The number of hydrogen-bond acceptors (Lipinski definition) is 3. The number of carbonyl (C=O) groups excluding carboxylic acids is 3. The Hall–Kier alpha value is -1.97. The number of aryl methyl sites for hydroxylation is 1. The van der Waals surface area contributed by atoms with Crippen molar-refractivity contribution < 1.29 is 14.4 Å². The number of rotatable bonds is 7. The zero-order valence-electron chi connectivity index (χ0n) is 15.5. The summed E-state index contributed by atoms with van der Waals surface area (Å²) in [6, 6.07) is 9.75. The largest absolute Gasteiger partial charge is 0.326 e. The number of benzene rings is 1. The maximum atomic E-state index is 12.7. The molecule has 0 aromatic heterocycles. The molecule has 0 N–H and O–H groups in total. The molecule has 0 radical (unpaired) electrons. The second kappa shape index (κ2) is 9.11. The zero-order valence-corrected chi connectivity index (χ0v) is 15.5. The van der Waals surface area contributed by atoms with Crippen LogP contribution in [0, 0.1) is 5.92 Å². The number of Topliss-reactive ketones (excluding diaryl/α,β-unsaturated/α-hetero) is 2. The predicted molar refractivity (Wildman–Crippen MR) is 101 cm³/mol. The van der Waals surface area contributed by atoms with Gasteiger partial charge in [0, 0.05) is 18.9 Å². The highest BCUT2D eigenvalue weighted by atomic mass is 16.2. The molecule has 1 aromatic rings. The summed E-state index contributed by atoms with van der Waals surface area (Å²) in [6.45, 7) is 0.548. The van der Waals surface area contributed by atoms with E-state index in [2.05, 4.69) is 12.1 Å². The Bertz CT molecular complexity index is 634. The molecule has 1 amide bonds. The van der Waals surface area contributed by atoms with Gasteiger partial charge in [0.15, 0.2) is 5.78 Å². The lowest BCUT2D eigenvalue weighted by Crippen LogP contribution is -2.45. The fourth-order valence-corrected chi connectivity index (χ4v) is 4.30. The Kier molecular flexibility index (Phi) is 6.59. The molecule has 3 rings (SSSR count). The van der Waals surface area contributed by atoms with Gasteiger partial charge in [-0.2, -0.15) is 0 Å². The first kappa shape index (κ1) is 18.8. The van der Waals surface area contributed by atoms with E-state index in [1.807, 2.05) is 18.2 Å². The van der Waals surface area contributed by atoms with Gasteiger partial charge in [0.05, 0.1) is 6.04 Å². The van der Waals surface area contributed by atoms with Gasteiger partial charge in [-0.15, -0.1) is 0 Å². The van der Waals surface area contributed by atoms with Crippen molar-refractivity contribution in [3.63, 3.8) is 0 Å². The summed E-state index contributed by atoms with van der Waals surface area (Å²) in [5.74, 6) is -0.668. The van der Waals surface area contributed by atoms with Gasteiger partial charge in [-0.25, -0.2) is 0 Å². The van der Waals surface area contributed by atoms with Crippen molar-refractivity contribution in [2.24, 2.45) is 5.92 Å². The Morgan fingerprint density at radius 3 is 2.38 bits per heavy atom. The molecule has 26 heavy (non-hydrogen) atoms. The van der Waals surface area contributed by atoms with E-state index in [1.54, 1.807) is 4.90 Å². The van der Waals surface area contributed by atoms with Crippen molar-refractivity contribution in [3.8, 4) is 0 Å². The highest BCUT2D eigenvalue weighted by molar-refractivity contribution is 6.37. The first-order valence-electron chi connectivity index (χ1n) is 10.1. The van der Waals surface area contributed by atoms with Crippen LogP contribution in [0.25, 0.3) is 0 Å². The first-order valence-corrected chi connectivity index (χ1v) is 10.1. The molecule has 4 nitrogen and oxygen atoms in total. The molecule has 1 saturated carbocycles. The van der Waals surface area contributed by atoms with Gasteiger partial charge in [0.25, 0.3) is 5.91 Å². The summed E-state index contributed by atoms with van der Waals surface area (Å²) in [5, 5.41) is 0. The minimum atomic E-state index is -0.407. The third-order valence-corrected chi connectivity index (χ3v) is 5.80. The van der Waals surface area contributed by atoms with Crippen LogP contribution in [0.3, 0.4) is 0 Å². The smallest absolute Gasteiger partial charge is 0.290 e. The van der Waals surface area contributed by atoms with Crippen LogP contribution >= 0.6 is 0 Å². The van der Waals surface area contributed by atoms with Crippen LogP contribution < -0.4 is 0 Å². The molecule has 0 bridgehead atoms. The van der Waals surface area contributed by atoms with Crippen LogP contribution in [0.4, 0.5) is 0 Å². The molecule has 4 heteroatoms. The summed E-state index contributed by atoms with van der Waals surface area (Å²) in [7, 11) is 0. The average Bonchev–Trinajstić information content (AvgIpc) is 3.18. The zero-order chi connectivity index (χ0) is 18.4. The van der Waals surface area contributed by atoms with E-state index in [-0.39, 0.29) is 23.5 Å². The SMILES string of the molecule is O=C(C(=O)N1CCC[C@H]1C(=O)CCCc1ccccc1)C1CCCCC1. The summed E-state index contributed by atoms with van der Waals surface area (Å²) in [5.41, 5.74) is 1.23. The summed E-state index contributed by atoms with van der Waals surface area (Å²) >= 11 is 0. The summed E-state index contributed by atoms with van der Waals surface area (Å²) < 4.78 is 0. The third-order valence-electron chi connectivity index (χ3n) is 5.80. The molecule has 1 aliphatic carbocycles. The van der Waals surface area contributed by atoms with Gasteiger partial charge in [0.2, 0.25) is 5.78 Å². The molecular formula is C22H29NO3. The van der Waals surface area contributed by atoms with Crippen molar-refractivity contribution in [2.45, 2.75) is 70.3 Å². The average molecular weight is 355 g/mol. The molecular weight excluding hydrogens is 326 g/mol. The summed E-state index contributed by atoms with van der Waals surface area (Å²) in [4.78, 5) is 39.4. The van der Waals surface area contributed by atoms with Gasteiger partial charge < -0.3 is 4.90 Å². The van der Waals surface area contributed by atoms with Crippen LogP contribution in [0.2, 0.25) is 0 Å². The van der Waals surface area contributed by atoms with Gasteiger partial charge in [-0.1, -0.05) is 49.6 Å². The van der Waals surface area contributed by atoms with Crippen LogP contribution in [0.1, 0.15) is 63.4 Å². The quantitative estimate of drug-likeness (QED) is 0.701. The monoisotopic (exact) mass is 355 g/mol. The highest BCUT2D eigenvalue weighted by Gasteiger charge is 2.38. The molecule has 1 saturated heterocycles. The Labute approximate surface area is 156 Å². The predicted octanol–water partition coefficient (Wildman–Crippen LogP) is 3.72. The van der Waals surface area contributed by atoms with Crippen molar-refractivity contribution in [3.05, 3.63) is 35.9 Å². The topological polar surface area (TPSA) is 54.5 Å². The maximum Gasteiger partial charge on any atom is 0.290 e. The normalized spacial score (nSPS) is 20.9. The van der Waals surface area contributed by atoms with E-state index >= 15 is 0 Å². The lowest BCUT2D eigenvalue weighted by molar-refractivity contribution is -0.149. The van der Waals surface area contributed by atoms with Crippen molar-refractivity contribution in [1.82, 2.24) is 4.90 Å². The van der Waals surface area contributed by atoms with E-state index in [9.17, 15) is 14.4 Å². The van der Waals surface area contributed by atoms with Crippen molar-refractivity contribution in [1.29, 1.82) is 0 Å². The molecule has 2 fully saturated rings. The molecule has 0 unspecified atom stereocenters. The summed E-state index contributed by atoms with van der Waals surface area (Å²) in [6.07, 6.45) is 8.53. The number of hydrogen-bond donors (Lipinski definition) is 0. The fraction of sp³-hybridized carbons (Fsp3) is 0.591. The van der Waals surface area contributed by atoms with E-state index < -0.39 is 5.91 Å². The van der Waals surface area contributed by atoms with Crippen LogP contribution in [0.5, 0.6) is 0 Å². The Balaban J connectivity index is 1.52. The molecule has 1 heterocycles. The first-order chi connectivity index (χ1) is 12.7. The number of carbonyl (C=O) groups is 3. The molecule has 1 atom stereocenters. The van der Waals surface area contributed by atoms with E-state index in [0.717, 1.165) is 51.4 Å². The molecule has 140 valence electrons. The minimum Gasteiger partial charge on any atom is -0.326 e. The van der Waals surface area contributed by atoms with Crippen LogP contribution in [-0.2, 0) is 20.8 Å². The van der Waals surface area contributed by atoms with Gasteiger partial charge in [0.1, 0.15) is 0 Å².